The van der Waals surface area contributed by atoms with E-state index in [-0.39, 0.29) is 11.7 Å². The standard InChI is InChI=1S/C14H12ClFN2S/c15-8-13-17-14-11(16)2-1-3-12(14)18(13)6-4-10-5-7-19-9-10/h1-3,5,7,9H,4,6,8H2. The number of hydrogen-bond acceptors (Lipinski definition) is 2. The second-order valence-corrected chi connectivity index (χ2v) is 5.35. The summed E-state index contributed by atoms with van der Waals surface area (Å²) in [5.41, 5.74) is 2.50. The Morgan fingerprint density at radius 2 is 2.21 bits per heavy atom. The van der Waals surface area contributed by atoms with E-state index in [0.717, 1.165) is 24.3 Å². The third-order valence-corrected chi connectivity index (χ3v) is 4.10. The third kappa shape index (κ3) is 2.38. The lowest BCUT2D eigenvalue weighted by Gasteiger charge is -2.06. The van der Waals surface area contributed by atoms with Gasteiger partial charge in [0.05, 0.1) is 11.4 Å². The average molecular weight is 295 g/mol. The molecule has 0 saturated heterocycles. The Balaban J connectivity index is 1.99. The predicted octanol–water partition coefficient (Wildman–Crippen LogP) is 4.22. The summed E-state index contributed by atoms with van der Waals surface area (Å²) in [6.07, 6.45) is 0.898. The van der Waals surface area contributed by atoms with Gasteiger partial charge in [-0.2, -0.15) is 11.3 Å². The molecule has 0 atom stereocenters. The molecule has 0 saturated carbocycles. The number of thiophene rings is 1. The van der Waals surface area contributed by atoms with Crippen LogP contribution in [0.3, 0.4) is 0 Å². The zero-order valence-electron chi connectivity index (χ0n) is 10.1. The second kappa shape index (κ2) is 5.31. The van der Waals surface area contributed by atoms with Crippen molar-refractivity contribution >= 4 is 34.0 Å². The third-order valence-electron chi connectivity index (χ3n) is 3.13. The van der Waals surface area contributed by atoms with Gasteiger partial charge >= 0.3 is 0 Å². The van der Waals surface area contributed by atoms with Crippen LogP contribution in [-0.2, 0) is 18.8 Å². The van der Waals surface area contributed by atoms with Crippen molar-refractivity contribution in [2.75, 3.05) is 0 Å². The minimum absolute atomic E-state index is 0.289. The van der Waals surface area contributed by atoms with Gasteiger partial charge in [-0.05, 0) is 40.9 Å². The Kier molecular flexibility index (Phi) is 3.53. The summed E-state index contributed by atoms with van der Waals surface area (Å²) in [6, 6.07) is 7.12. The molecule has 5 heteroatoms. The molecule has 2 heterocycles. The molecule has 0 aliphatic rings. The molecule has 98 valence electrons. The van der Waals surface area contributed by atoms with Crippen molar-refractivity contribution < 1.29 is 4.39 Å². The highest BCUT2D eigenvalue weighted by atomic mass is 35.5. The minimum atomic E-state index is -0.293. The van der Waals surface area contributed by atoms with Crippen LogP contribution >= 0.6 is 22.9 Å². The molecule has 0 bridgehead atoms. The summed E-state index contributed by atoms with van der Waals surface area (Å²) in [6.45, 7) is 0.763. The topological polar surface area (TPSA) is 17.8 Å². The predicted molar refractivity (Wildman–Crippen MR) is 77.3 cm³/mol. The zero-order valence-corrected chi connectivity index (χ0v) is 11.7. The van der Waals surface area contributed by atoms with Gasteiger partial charge in [0.15, 0.2) is 5.82 Å². The molecule has 3 rings (SSSR count). The summed E-state index contributed by atoms with van der Waals surface area (Å²) < 4.78 is 15.7. The van der Waals surface area contributed by atoms with Gasteiger partial charge < -0.3 is 4.57 Å². The van der Waals surface area contributed by atoms with Gasteiger partial charge in [-0.3, -0.25) is 0 Å². The lowest BCUT2D eigenvalue weighted by molar-refractivity contribution is 0.637. The molecule has 1 aromatic carbocycles. The van der Waals surface area contributed by atoms with E-state index in [9.17, 15) is 4.39 Å². The summed E-state index contributed by atoms with van der Waals surface area (Å²) in [4.78, 5) is 4.29. The SMILES string of the molecule is Fc1cccc2c1nc(CCl)n2CCc1ccsc1. The quantitative estimate of drug-likeness (QED) is 0.659. The molecular formula is C14H12ClFN2S. The maximum Gasteiger partial charge on any atom is 0.151 e. The van der Waals surface area contributed by atoms with Gasteiger partial charge in [0.25, 0.3) is 0 Å². The Morgan fingerprint density at radius 3 is 2.95 bits per heavy atom. The minimum Gasteiger partial charge on any atom is -0.327 e. The van der Waals surface area contributed by atoms with Gasteiger partial charge in [-0.15, -0.1) is 11.6 Å². The van der Waals surface area contributed by atoms with Crippen LogP contribution in [0.15, 0.2) is 35.0 Å². The van der Waals surface area contributed by atoms with E-state index in [1.165, 1.54) is 11.6 Å². The molecule has 0 aliphatic heterocycles. The maximum absolute atomic E-state index is 13.7. The monoisotopic (exact) mass is 294 g/mol. The number of imidazole rings is 1. The number of halogens is 2. The number of aryl methyl sites for hydroxylation is 2. The highest BCUT2D eigenvalue weighted by Gasteiger charge is 2.12. The fraction of sp³-hybridized carbons (Fsp3) is 0.214. The van der Waals surface area contributed by atoms with Crippen LogP contribution in [0.1, 0.15) is 11.4 Å². The summed E-state index contributed by atoms with van der Waals surface area (Å²) >= 11 is 7.59. The summed E-state index contributed by atoms with van der Waals surface area (Å²) in [5.74, 6) is 0.716. The Bertz CT molecular complexity index is 691. The highest BCUT2D eigenvalue weighted by molar-refractivity contribution is 7.07. The van der Waals surface area contributed by atoms with E-state index < -0.39 is 0 Å². The number of hydrogen-bond donors (Lipinski definition) is 0. The molecular weight excluding hydrogens is 283 g/mol. The van der Waals surface area contributed by atoms with E-state index >= 15 is 0 Å². The molecule has 0 N–H and O–H groups in total. The van der Waals surface area contributed by atoms with Crippen molar-refractivity contribution in [3.8, 4) is 0 Å². The van der Waals surface area contributed by atoms with E-state index in [4.69, 9.17) is 11.6 Å². The van der Waals surface area contributed by atoms with Crippen LogP contribution in [0.2, 0.25) is 0 Å². The van der Waals surface area contributed by atoms with Gasteiger partial charge in [0.2, 0.25) is 0 Å². The molecule has 0 spiro atoms. The Hall–Kier alpha value is -1.39. The van der Waals surface area contributed by atoms with Crippen molar-refractivity contribution in [1.82, 2.24) is 9.55 Å². The largest absolute Gasteiger partial charge is 0.327 e. The van der Waals surface area contributed by atoms with E-state index in [1.807, 2.05) is 10.6 Å². The number of benzene rings is 1. The van der Waals surface area contributed by atoms with Crippen molar-refractivity contribution in [3.63, 3.8) is 0 Å². The average Bonchev–Trinajstić information content (AvgIpc) is 3.03. The van der Waals surface area contributed by atoms with Crippen molar-refractivity contribution in [3.05, 3.63) is 52.2 Å². The number of rotatable bonds is 4. The number of nitrogens with zero attached hydrogens (tertiary/aromatic N) is 2. The van der Waals surface area contributed by atoms with Gasteiger partial charge in [0.1, 0.15) is 11.3 Å². The summed E-state index contributed by atoms with van der Waals surface area (Å²) in [7, 11) is 0. The molecule has 0 unspecified atom stereocenters. The van der Waals surface area contributed by atoms with Crippen molar-refractivity contribution in [2.24, 2.45) is 0 Å². The fourth-order valence-corrected chi connectivity index (χ4v) is 3.10. The van der Waals surface area contributed by atoms with Crippen molar-refractivity contribution in [1.29, 1.82) is 0 Å². The van der Waals surface area contributed by atoms with Gasteiger partial charge in [-0.25, -0.2) is 9.37 Å². The van der Waals surface area contributed by atoms with Crippen molar-refractivity contribution in [2.45, 2.75) is 18.8 Å². The normalized spacial score (nSPS) is 11.3. The van der Waals surface area contributed by atoms with E-state index in [1.54, 1.807) is 17.4 Å². The molecule has 2 aromatic heterocycles. The maximum atomic E-state index is 13.7. The number of para-hydroxylation sites is 1. The van der Waals surface area contributed by atoms with Crippen LogP contribution in [0.5, 0.6) is 0 Å². The molecule has 3 aromatic rings. The highest BCUT2D eigenvalue weighted by Crippen LogP contribution is 2.21. The summed E-state index contributed by atoms with van der Waals surface area (Å²) in [5, 5.41) is 4.18. The van der Waals surface area contributed by atoms with Gasteiger partial charge in [0, 0.05) is 6.54 Å². The van der Waals surface area contributed by atoms with Gasteiger partial charge in [-0.1, -0.05) is 6.07 Å². The van der Waals surface area contributed by atoms with Crippen LogP contribution in [0.4, 0.5) is 4.39 Å². The molecule has 0 radical (unpaired) electrons. The molecule has 0 amide bonds. The number of aromatic nitrogens is 2. The Labute approximate surface area is 119 Å². The molecule has 0 fully saturated rings. The fourth-order valence-electron chi connectivity index (χ4n) is 2.19. The lowest BCUT2D eigenvalue weighted by Crippen LogP contribution is -2.04. The second-order valence-electron chi connectivity index (χ2n) is 4.30. The van der Waals surface area contributed by atoms with E-state index in [2.05, 4.69) is 21.8 Å². The Morgan fingerprint density at radius 1 is 1.32 bits per heavy atom. The zero-order chi connectivity index (χ0) is 13.2. The first kappa shape index (κ1) is 12.6. The first-order valence-corrected chi connectivity index (χ1v) is 7.48. The van der Waals surface area contributed by atoms with E-state index in [0.29, 0.717) is 5.52 Å². The number of fused-ring (bicyclic) bond motifs is 1. The first-order chi connectivity index (χ1) is 9.29. The van der Waals surface area contributed by atoms with Crippen LogP contribution in [0, 0.1) is 5.82 Å². The van der Waals surface area contributed by atoms with Crippen LogP contribution < -0.4 is 0 Å². The van der Waals surface area contributed by atoms with Crippen LogP contribution in [-0.4, -0.2) is 9.55 Å². The smallest absolute Gasteiger partial charge is 0.151 e. The van der Waals surface area contributed by atoms with Crippen LogP contribution in [0.25, 0.3) is 11.0 Å². The lowest BCUT2D eigenvalue weighted by atomic mass is 10.2. The molecule has 2 nitrogen and oxygen atoms in total. The number of alkyl halides is 1. The first-order valence-electron chi connectivity index (χ1n) is 6.00. The molecule has 0 aliphatic carbocycles. The molecule has 19 heavy (non-hydrogen) atoms.